The number of benzene rings is 2. The fourth-order valence-electron chi connectivity index (χ4n) is 3.31. The Morgan fingerprint density at radius 2 is 1.79 bits per heavy atom. The monoisotopic (exact) mass is 475 g/mol. The van der Waals surface area contributed by atoms with Crippen LogP contribution in [0.2, 0.25) is 5.02 Å². The highest BCUT2D eigenvalue weighted by molar-refractivity contribution is 6.30. The van der Waals surface area contributed by atoms with Crippen molar-refractivity contribution >= 4 is 34.2 Å². The summed E-state index contributed by atoms with van der Waals surface area (Å²) in [4.78, 5) is 30.2. The zero-order chi connectivity index (χ0) is 23.8. The first kappa shape index (κ1) is 22.5. The van der Waals surface area contributed by atoms with Crippen LogP contribution in [0, 0.1) is 5.82 Å². The molecular formula is C23H14ClF4N3O2. The van der Waals surface area contributed by atoms with Crippen LogP contribution in [-0.4, -0.2) is 15.5 Å². The Kier molecular flexibility index (Phi) is 5.90. The van der Waals surface area contributed by atoms with E-state index in [-0.39, 0.29) is 17.8 Å². The molecule has 0 bridgehead atoms. The topological polar surface area (TPSA) is 64.0 Å². The molecule has 0 spiro atoms. The number of fused-ring (bicyclic) bond motifs is 1. The second kappa shape index (κ2) is 8.67. The largest absolute Gasteiger partial charge is 0.419 e. The fourth-order valence-corrected chi connectivity index (χ4v) is 3.43. The zero-order valence-corrected chi connectivity index (χ0v) is 17.4. The molecule has 168 valence electrons. The van der Waals surface area contributed by atoms with Gasteiger partial charge in [-0.15, -0.1) is 0 Å². The Bertz CT molecular complexity index is 1420. The van der Waals surface area contributed by atoms with Crippen LogP contribution in [0.15, 0.2) is 71.7 Å². The van der Waals surface area contributed by atoms with Gasteiger partial charge in [-0.1, -0.05) is 23.7 Å². The lowest BCUT2D eigenvalue weighted by Crippen LogP contribution is -2.30. The predicted molar refractivity (Wildman–Crippen MR) is 116 cm³/mol. The number of nitrogens with one attached hydrogen (secondary N) is 1. The minimum absolute atomic E-state index is 0.0827. The standard InChI is InChI=1S/C23H14ClF4N3O2/c24-15-5-3-13(4-6-15)12-31-20-14(2-1-9-29-20)10-17(22(31)33)21(32)30-16-7-8-19(25)18(11-16)23(26,27)28/h1-11H,12H2,(H,30,32). The van der Waals surface area contributed by atoms with Gasteiger partial charge in [0.2, 0.25) is 0 Å². The molecule has 4 aromatic rings. The van der Waals surface area contributed by atoms with Gasteiger partial charge in [0.05, 0.1) is 12.1 Å². The summed E-state index contributed by atoms with van der Waals surface area (Å²) < 4.78 is 53.8. The molecular weight excluding hydrogens is 462 g/mol. The van der Waals surface area contributed by atoms with E-state index in [1.165, 1.54) is 16.8 Å². The van der Waals surface area contributed by atoms with E-state index in [1.54, 1.807) is 36.4 Å². The Morgan fingerprint density at radius 3 is 2.48 bits per heavy atom. The summed E-state index contributed by atoms with van der Waals surface area (Å²) in [6, 6.07) is 13.4. The maximum Gasteiger partial charge on any atom is 0.419 e. The highest BCUT2D eigenvalue weighted by Gasteiger charge is 2.34. The van der Waals surface area contributed by atoms with Crippen molar-refractivity contribution < 1.29 is 22.4 Å². The van der Waals surface area contributed by atoms with Crippen LogP contribution in [0.5, 0.6) is 0 Å². The molecule has 10 heteroatoms. The van der Waals surface area contributed by atoms with Crippen molar-refractivity contribution in [1.29, 1.82) is 0 Å². The molecule has 0 fully saturated rings. The SMILES string of the molecule is O=C(Nc1ccc(F)c(C(F)(F)F)c1)c1cc2cccnc2n(Cc2ccc(Cl)cc2)c1=O. The number of amides is 1. The molecule has 1 amide bonds. The molecule has 0 aliphatic heterocycles. The number of anilines is 1. The van der Waals surface area contributed by atoms with Crippen LogP contribution in [0.3, 0.4) is 0 Å². The molecule has 0 atom stereocenters. The number of hydrogen-bond acceptors (Lipinski definition) is 3. The zero-order valence-electron chi connectivity index (χ0n) is 16.7. The van der Waals surface area contributed by atoms with E-state index in [4.69, 9.17) is 11.6 Å². The lowest BCUT2D eigenvalue weighted by Gasteiger charge is -2.13. The van der Waals surface area contributed by atoms with E-state index in [9.17, 15) is 27.2 Å². The van der Waals surface area contributed by atoms with Crippen LogP contribution in [0.25, 0.3) is 11.0 Å². The van der Waals surface area contributed by atoms with Crippen LogP contribution in [0.4, 0.5) is 23.2 Å². The third-order valence-electron chi connectivity index (χ3n) is 4.88. The minimum Gasteiger partial charge on any atom is -0.322 e. The van der Waals surface area contributed by atoms with E-state index >= 15 is 0 Å². The summed E-state index contributed by atoms with van der Waals surface area (Å²) in [5.74, 6) is -2.40. The van der Waals surface area contributed by atoms with Gasteiger partial charge in [-0.25, -0.2) is 9.37 Å². The number of alkyl halides is 3. The van der Waals surface area contributed by atoms with Crippen LogP contribution in [0.1, 0.15) is 21.5 Å². The summed E-state index contributed by atoms with van der Waals surface area (Å²) in [5, 5.41) is 3.24. The number of pyridine rings is 2. The van der Waals surface area contributed by atoms with E-state index in [2.05, 4.69) is 10.3 Å². The van der Waals surface area contributed by atoms with Crippen molar-refractivity contribution in [2.24, 2.45) is 0 Å². The fraction of sp³-hybridized carbons (Fsp3) is 0.0870. The van der Waals surface area contributed by atoms with Crippen molar-refractivity contribution in [2.75, 3.05) is 5.32 Å². The highest BCUT2D eigenvalue weighted by Crippen LogP contribution is 2.33. The predicted octanol–water partition coefficient (Wildman–Crippen LogP) is 5.51. The summed E-state index contributed by atoms with van der Waals surface area (Å²) in [6.07, 6.45) is -3.44. The van der Waals surface area contributed by atoms with Gasteiger partial charge in [-0.3, -0.25) is 14.2 Å². The number of carbonyl (C=O) groups is 1. The molecule has 0 saturated heterocycles. The van der Waals surface area contributed by atoms with Crippen LogP contribution in [-0.2, 0) is 12.7 Å². The quantitative estimate of drug-likeness (QED) is 0.396. The minimum atomic E-state index is -4.94. The Balaban J connectivity index is 1.75. The summed E-state index contributed by atoms with van der Waals surface area (Å²) in [5.41, 5.74) is -1.77. The van der Waals surface area contributed by atoms with Crippen molar-refractivity contribution in [3.05, 3.63) is 105 Å². The number of rotatable bonds is 4. The van der Waals surface area contributed by atoms with Gasteiger partial charge in [-0.05, 0) is 54.1 Å². The van der Waals surface area contributed by atoms with Crippen LogP contribution >= 0.6 is 11.6 Å². The van der Waals surface area contributed by atoms with Crippen molar-refractivity contribution in [3.63, 3.8) is 0 Å². The van der Waals surface area contributed by atoms with Gasteiger partial charge >= 0.3 is 6.18 Å². The molecule has 33 heavy (non-hydrogen) atoms. The Labute approximate surface area is 189 Å². The van der Waals surface area contributed by atoms with Gasteiger partial charge in [0, 0.05) is 22.3 Å². The number of hydrogen-bond donors (Lipinski definition) is 1. The van der Waals surface area contributed by atoms with Crippen molar-refractivity contribution in [1.82, 2.24) is 9.55 Å². The van der Waals surface area contributed by atoms with Crippen molar-refractivity contribution in [2.45, 2.75) is 12.7 Å². The molecule has 5 nitrogen and oxygen atoms in total. The molecule has 2 aromatic heterocycles. The molecule has 1 N–H and O–H groups in total. The molecule has 0 unspecified atom stereocenters. The molecule has 0 aliphatic carbocycles. The second-order valence-electron chi connectivity index (χ2n) is 7.14. The molecule has 4 rings (SSSR count). The molecule has 2 aromatic carbocycles. The molecule has 0 saturated carbocycles. The first-order valence-electron chi connectivity index (χ1n) is 9.54. The third kappa shape index (κ3) is 4.73. The Hall–Kier alpha value is -3.72. The number of halogens is 5. The third-order valence-corrected chi connectivity index (χ3v) is 5.13. The Morgan fingerprint density at radius 1 is 1.06 bits per heavy atom. The summed E-state index contributed by atoms with van der Waals surface area (Å²) in [7, 11) is 0. The van der Waals surface area contributed by atoms with Gasteiger partial charge in [0.25, 0.3) is 11.5 Å². The van der Waals surface area contributed by atoms with E-state index in [1.807, 2.05) is 0 Å². The van der Waals surface area contributed by atoms with Gasteiger partial charge in [0.1, 0.15) is 17.0 Å². The van der Waals surface area contributed by atoms with E-state index < -0.39 is 29.0 Å². The number of aromatic nitrogens is 2. The normalized spacial score (nSPS) is 11.5. The smallest absolute Gasteiger partial charge is 0.322 e. The lowest BCUT2D eigenvalue weighted by atomic mass is 10.1. The first-order valence-corrected chi connectivity index (χ1v) is 9.92. The molecule has 0 radical (unpaired) electrons. The number of nitrogens with zero attached hydrogens (tertiary/aromatic N) is 2. The first-order chi connectivity index (χ1) is 15.6. The molecule has 0 aliphatic rings. The van der Waals surface area contributed by atoms with Crippen LogP contribution < -0.4 is 10.9 Å². The van der Waals surface area contributed by atoms with Gasteiger partial charge in [-0.2, -0.15) is 13.2 Å². The van der Waals surface area contributed by atoms with E-state index in [0.717, 1.165) is 11.6 Å². The number of carbonyl (C=O) groups excluding carboxylic acids is 1. The van der Waals surface area contributed by atoms with E-state index in [0.29, 0.717) is 28.2 Å². The molecule has 2 heterocycles. The lowest BCUT2D eigenvalue weighted by molar-refractivity contribution is -0.139. The summed E-state index contributed by atoms with van der Waals surface area (Å²) >= 11 is 5.91. The van der Waals surface area contributed by atoms with Gasteiger partial charge in [0.15, 0.2) is 0 Å². The van der Waals surface area contributed by atoms with Gasteiger partial charge < -0.3 is 5.32 Å². The maximum absolute atomic E-state index is 13.5. The summed E-state index contributed by atoms with van der Waals surface area (Å²) in [6.45, 7) is 0.0827. The maximum atomic E-state index is 13.5. The average molecular weight is 476 g/mol. The average Bonchev–Trinajstić information content (AvgIpc) is 2.77. The van der Waals surface area contributed by atoms with Crippen molar-refractivity contribution in [3.8, 4) is 0 Å². The second-order valence-corrected chi connectivity index (χ2v) is 7.57. The highest BCUT2D eigenvalue weighted by atomic mass is 35.5.